The van der Waals surface area contributed by atoms with Gasteiger partial charge in [-0.15, -0.1) is 6.42 Å². The van der Waals surface area contributed by atoms with E-state index in [-0.39, 0.29) is 13.2 Å². The van der Waals surface area contributed by atoms with Crippen molar-refractivity contribution >= 4 is 0 Å². The van der Waals surface area contributed by atoms with Crippen LogP contribution in [0.15, 0.2) is 48.5 Å². The van der Waals surface area contributed by atoms with E-state index in [4.69, 9.17) is 15.9 Å². The van der Waals surface area contributed by atoms with Crippen molar-refractivity contribution < 1.29 is 14.6 Å². The first-order chi connectivity index (χ1) is 11.8. The summed E-state index contributed by atoms with van der Waals surface area (Å²) in [5, 5.41) is 13.6. The monoisotopic (exact) mass is 323 g/mol. The van der Waals surface area contributed by atoms with E-state index in [0.29, 0.717) is 13.2 Å². The van der Waals surface area contributed by atoms with Gasteiger partial charge in [0.2, 0.25) is 0 Å². The van der Waals surface area contributed by atoms with Crippen LogP contribution in [0.3, 0.4) is 0 Å². The molecule has 1 aliphatic rings. The van der Waals surface area contributed by atoms with Crippen molar-refractivity contribution in [2.75, 3.05) is 19.8 Å². The number of hydrogen-bond donors (Lipinski definition) is 2. The lowest BCUT2D eigenvalue weighted by Gasteiger charge is -2.38. The van der Waals surface area contributed by atoms with Crippen LogP contribution >= 0.6 is 0 Å². The minimum atomic E-state index is -0.479. The summed E-state index contributed by atoms with van der Waals surface area (Å²) in [5.74, 6) is 4.04. The molecule has 24 heavy (non-hydrogen) atoms. The van der Waals surface area contributed by atoms with Gasteiger partial charge in [0.15, 0.2) is 0 Å². The van der Waals surface area contributed by atoms with E-state index in [2.05, 4.69) is 11.2 Å². The highest BCUT2D eigenvalue weighted by Gasteiger charge is 2.36. The molecule has 1 atom stereocenters. The van der Waals surface area contributed by atoms with E-state index in [0.717, 1.165) is 29.0 Å². The molecule has 0 spiro atoms. The van der Waals surface area contributed by atoms with Crippen molar-refractivity contribution in [3.63, 3.8) is 0 Å². The molecule has 1 unspecified atom stereocenters. The highest BCUT2D eigenvalue weighted by Crippen LogP contribution is 2.36. The SMILES string of the molecule is C#CCOc1ccc(CNC2(CO)CCOc3ccccc32)cc1. The van der Waals surface area contributed by atoms with Gasteiger partial charge < -0.3 is 19.9 Å². The standard InChI is InChI=1S/C20H21NO3/c1-2-12-23-17-9-7-16(8-10-17)14-21-20(15-22)11-13-24-19-6-4-3-5-18(19)20/h1,3-10,21-22H,11-15H2. The summed E-state index contributed by atoms with van der Waals surface area (Å²) in [6.07, 6.45) is 5.91. The summed E-state index contributed by atoms with van der Waals surface area (Å²) >= 11 is 0. The maximum absolute atomic E-state index is 10.1. The quantitative estimate of drug-likeness (QED) is 0.802. The zero-order valence-corrected chi connectivity index (χ0v) is 13.5. The molecular weight excluding hydrogens is 302 g/mol. The predicted molar refractivity (Wildman–Crippen MR) is 92.9 cm³/mol. The average molecular weight is 323 g/mol. The Balaban J connectivity index is 1.72. The lowest BCUT2D eigenvalue weighted by atomic mass is 9.85. The number of nitrogens with one attached hydrogen (secondary N) is 1. The van der Waals surface area contributed by atoms with Gasteiger partial charge in [-0.2, -0.15) is 0 Å². The molecule has 2 aromatic carbocycles. The Morgan fingerprint density at radius 1 is 1.21 bits per heavy atom. The maximum atomic E-state index is 10.1. The third-order valence-electron chi connectivity index (χ3n) is 4.34. The van der Waals surface area contributed by atoms with Gasteiger partial charge >= 0.3 is 0 Å². The minimum Gasteiger partial charge on any atom is -0.493 e. The summed E-state index contributed by atoms with van der Waals surface area (Å²) < 4.78 is 11.1. The second-order valence-electron chi connectivity index (χ2n) is 5.83. The number of ether oxygens (including phenoxy) is 2. The number of rotatable bonds is 6. The summed E-state index contributed by atoms with van der Waals surface area (Å²) in [7, 11) is 0. The molecule has 0 amide bonds. The van der Waals surface area contributed by atoms with Gasteiger partial charge in [0, 0.05) is 18.5 Å². The molecule has 124 valence electrons. The summed E-state index contributed by atoms with van der Waals surface area (Å²) in [6, 6.07) is 15.7. The van der Waals surface area contributed by atoms with Gasteiger partial charge in [-0.25, -0.2) is 0 Å². The van der Waals surface area contributed by atoms with Gasteiger partial charge in [0.05, 0.1) is 18.8 Å². The zero-order chi connectivity index (χ0) is 16.8. The summed E-state index contributed by atoms with van der Waals surface area (Å²) in [4.78, 5) is 0. The van der Waals surface area contributed by atoms with E-state index in [1.807, 2.05) is 48.5 Å². The Kier molecular flexibility index (Phi) is 5.05. The van der Waals surface area contributed by atoms with Crippen molar-refractivity contribution in [2.24, 2.45) is 0 Å². The Morgan fingerprint density at radius 3 is 2.75 bits per heavy atom. The molecule has 0 bridgehead atoms. The molecule has 4 heteroatoms. The average Bonchev–Trinajstić information content (AvgIpc) is 2.65. The molecule has 3 rings (SSSR count). The second kappa shape index (κ2) is 7.39. The number of aliphatic hydroxyl groups is 1. The first-order valence-electron chi connectivity index (χ1n) is 8.01. The van der Waals surface area contributed by atoms with E-state index < -0.39 is 5.54 Å². The number of benzene rings is 2. The van der Waals surface area contributed by atoms with E-state index >= 15 is 0 Å². The third kappa shape index (κ3) is 3.38. The van der Waals surface area contributed by atoms with Gasteiger partial charge in [0.25, 0.3) is 0 Å². The van der Waals surface area contributed by atoms with Gasteiger partial charge in [-0.3, -0.25) is 0 Å². The molecule has 0 fully saturated rings. The Hall–Kier alpha value is -2.48. The van der Waals surface area contributed by atoms with Gasteiger partial charge in [-0.05, 0) is 23.8 Å². The van der Waals surface area contributed by atoms with Crippen molar-refractivity contribution in [3.8, 4) is 23.8 Å². The summed E-state index contributed by atoms with van der Waals surface area (Å²) in [5.41, 5.74) is 1.64. The summed E-state index contributed by atoms with van der Waals surface area (Å²) in [6.45, 7) is 1.52. The molecule has 1 heterocycles. The Bertz CT molecular complexity index is 720. The minimum absolute atomic E-state index is 0.0245. The number of hydrogen-bond acceptors (Lipinski definition) is 4. The molecule has 0 radical (unpaired) electrons. The molecule has 0 saturated heterocycles. The first-order valence-corrected chi connectivity index (χ1v) is 8.01. The predicted octanol–water partition coefficient (Wildman–Crippen LogP) is 2.46. The van der Waals surface area contributed by atoms with Crippen molar-refractivity contribution in [1.29, 1.82) is 0 Å². The van der Waals surface area contributed by atoms with E-state index in [1.54, 1.807) is 0 Å². The lowest BCUT2D eigenvalue weighted by Crippen LogP contribution is -2.48. The number of fused-ring (bicyclic) bond motifs is 1. The zero-order valence-electron chi connectivity index (χ0n) is 13.5. The number of terminal acetylenes is 1. The number of aliphatic hydroxyl groups excluding tert-OH is 1. The van der Waals surface area contributed by atoms with Crippen LogP contribution in [0.25, 0.3) is 0 Å². The molecule has 1 aliphatic heterocycles. The largest absolute Gasteiger partial charge is 0.493 e. The Labute approximate surface area is 142 Å². The van der Waals surface area contributed by atoms with Crippen LogP contribution < -0.4 is 14.8 Å². The second-order valence-corrected chi connectivity index (χ2v) is 5.83. The normalized spacial score (nSPS) is 19.0. The van der Waals surface area contributed by atoms with Gasteiger partial charge in [-0.1, -0.05) is 36.3 Å². The Morgan fingerprint density at radius 2 is 2.00 bits per heavy atom. The molecule has 0 saturated carbocycles. The van der Waals surface area contributed by atoms with Crippen molar-refractivity contribution in [2.45, 2.75) is 18.5 Å². The highest BCUT2D eigenvalue weighted by molar-refractivity contribution is 5.41. The lowest BCUT2D eigenvalue weighted by molar-refractivity contribution is 0.106. The van der Waals surface area contributed by atoms with Crippen molar-refractivity contribution in [3.05, 3.63) is 59.7 Å². The smallest absolute Gasteiger partial charge is 0.148 e. The number of para-hydroxylation sites is 1. The van der Waals surface area contributed by atoms with E-state index in [9.17, 15) is 5.11 Å². The molecule has 0 aliphatic carbocycles. The highest BCUT2D eigenvalue weighted by atomic mass is 16.5. The maximum Gasteiger partial charge on any atom is 0.148 e. The van der Waals surface area contributed by atoms with Crippen LogP contribution in [0.1, 0.15) is 17.5 Å². The van der Waals surface area contributed by atoms with Crippen LogP contribution in [0.2, 0.25) is 0 Å². The fourth-order valence-corrected chi connectivity index (χ4v) is 2.96. The fourth-order valence-electron chi connectivity index (χ4n) is 2.96. The fraction of sp³-hybridized carbons (Fsp3) is 0.300. The topological polar surface area (TPSA) is 50.7 Å². The molecule has 4 nitrogen and oxygen atoms in total. The third-order valence-corrected chi connectivity index (χ3v) is 4.34. The molecule has 2 N–H and O–H groups in total. The van der Waals surface area contributed by atoms with Crippen LogP contribution in [0, 0.1) is 12.3 Å². The van der Waals surface area contributed by atoms with Gasteiger partial charge in [0.1, 0.15) is 18.1 Å². The molecule has 2 aromatic rings. The van der Waals surface area contributed by atoms with E-state index in [1.165, 1.54) is 0 Å². The van der Waals surface area contributed by atoms with Crippen LogP contribution in [0.5, 0.6) is 11.5 Å². The first kappa shape index (κ1) is 16.4. The van der Waals surface area contributed by atoms with Crippen LogP contribution in [-0.4, -0.2) is 24.9 Å². The van der Waals surface area contributed by atoms with Crippen LogP contribution in [-0.2, 0) is 12.1 Å². The molecular formula is C20H21NO3. The van der Waals surface area contributed by atoms with Crippen LogP contribution in [0.4, 0.5) is 0 Å². The van der Waals surface area contributed by atoms with Crippen molar-refractivity contribution in [1.82, 2.24) is 5.32 Å². The molecule has 0 aromatic heterocycles.